The first-order valence-electron chi connectivity index (χ1n) is 12.4. The van der Waals surface area contributed by atoms with Gasteiger partial charge in [-0.2, -0.15) is 0 Å². The minimum Gasteiger partial charge on any atom is -0.465 e. The van der Waals surface area contributed by atoms with Gasteiger partial charge in [0.1, 0.15) is 5.76 Å². The summed E-state index contributed by atoms with van der Waals surface area (Å²) in [4.78, 5) is 20.6. The average molecular weight is 485 g/mol. The van der Waals surface area contributed by atoms with Crippen LogP contribution in [-0.4, -0.2) is 11.1 Å². The average Bonchev–Trinajstić information content (AvgIpc) is 3.51. The fourth-order valence-electron chi connectivity index (χ4n) is 3.83. The highest BCUT2D eigenvalue weighted by atomic mass is 32.2. The Bertz CT molecular complexity index is 1190. The minimum atomic E-state index is -0.0706. The van der Waals surface area contributed by atoms with E-state index in [9.17, 15) is 4.79 Å². The molecule has 0 saturated carbocycles. The van der Waals surface area contributed by atoms with Crippen LogP contribution >= 0.6 is 11.8 Å². The van der Waals surface area contributed by atoms with Gasteiger partial charge in [0.25, 0.3) is 5.91 Å². The highest BCUT2D eigenvalue weighted by molar-refractivity contribution is 8.19. The number of unbranched alkanes of at least 4 members (excludes halogenated alkanes) is 2. The third-order valence-corrected chi connectivity index (χ3v) is 6.84. The number of aliphatic imine (C=N–C) groups is 1. The number of furan rings is 1. The zero-order chi connectivity index (χ0) is 24.5. The molecule has 0 spiro atoms. The fourth-order valence-corrected chi connectivity index (χ4v) is 4.78. The second-order valence-electron chi connectivity index (χ2n) is 8.58. The number of aryl methyl sites for hydroxylation is 2. The summed E-state index contributed by atoms with van der Waals surface area (Å²) in [5, 5.41) is 0.662. The summed E-state index contributed by atoms with van der Waals surface area (Å²) in [5.41, 5.74) is 4.28. The summed E-state index contributed by atoms with van der Waals surface area (Å²) in [6.07, 6.45) is 14.0. The monoisotopic (exact) mass is 484 g/mol. The fraction of sp³-hybridized carbons (Fsp3) is 0.267. The maximum absolute atomic E-state index is 13.4. The zero-order valence-electron chi connectivity index (χ0n) is 20.4. The van der Waals surface area contributed by atoms with Crippen LogP contribution in [0, 0.1) is 0 Å². The molecule has 0 bridgehead atoms. The van der Waals surface area contributed by atoms with Gasteiger partial charge in [0.15, 0.2) is 5.17 Å². The number of amidine groups is 1. The smallest absolute Gasteiger partial charge is 0.271 e. The maximum Gasteiger partial charge on any atom is 0.271 e. The molecule has 0 N–H and O–H groups in total. The third-order valence-electron chi connectivity index (χ3n) is 5.85. The Morgan fingerprint density at radius 3 is 2.17 bits per heavy atom. The van der Waals surface area contributed by atoms with Gasteiger partial charge in [0.05, 0.1) is 22.5 Å². The largest absolute Gasteiger partial charge is 0.465 e. The van der Waals surface area contributed by atoms with E-state index in [-0.39, 0.29) is 5.91 Å². The molecule has 1 aliphatic heterocycles. The quantitative estimate of drug-likeness (QED) is 0.272. The van der Waals surface area contributed by atoms with Crippen LogP contribution in [0.3, 0.4) is 0 Å². The number of carbonyl (C=O) groups excluding carboxylic acids is 1. The van der Waals surface area contributed by atoms with Gasteiger partial charge >= 0.3 is 0 Å². The van der Waals surface area contributed by atoms with E-state index in [1.165, 1.54) is 35.7 Å². The van der Waals surface area contributed by atoms with Crippen LogP contribution in [-0.2, 0) is 17.6 Å². The Labute approximate surface area is 212 Å². The highest BCUT2D eigenvalue weighted by Crippen LogP contribution is 2.36. The van der Waals surface area contributed by atoms with E-state index in [2.05, 4.69) is 38.1 Å². The molecule has 2 aromatic carbocycles. The topological polar surface area (TPSA) is 45.8 Å². The van der Waals surface area contributed by atoms with Gasteiger partial charge in [-0.05, 0) is 97.1 Å². The number of benzene rings is 2. The number of anilines is 1. The molecular weight excluding hydrogens is 452 g/mol. The summed E-state index contributed by atoms with van der Waals surface area (Å²) in [6, 6.07) is 20.3. The van der Waals surface area contributed by atoms with Crippen LogP contribution in [0.2, 0.25) is 0 Å². The van der Waals surface area contributed by atoms with Gasteiger partial charge < -0.3 is 4.42 Å². The van der Waals surface area contributed by atoms with E-state index in [4.69, 9.17) is 9.41 Å². The predicted octanol–water partition coefficient (Wildman–Crippen LogP) is 8.33. The Morgan fingerprint density at radius 2 is 1.57 bits per heavy atom. The van der Waals surface area contributed by atoms with E-state index in [0.29, 0.717) is 10.1 Å². The van der Waals surface area contributed by atoms with Crippen LogP contribution in [0.5, 0.6) is 0 Å². The normalized spacial score (nSPS) is 16.3. The van der Waals surface area contributed by atoms with Crippen molar-refractivity contribution < 1.29 is 9.21 Å². The van der Waals surface area contributed by atoms with E-state index in [0.717, 1.165) is 42.8 Å². The predicted molar refractivity (Wildman–Crippen MR) is 148 cm³/mol. The van der Waals surface area contributed by atoms with Crippen LogP contribution in [0.4, 0.5) is 11.4 Å². The molecule has 35 heavy (non-hydrogen) atoms. The lowest BCUT2D eigenvalue weighted by atomic mass is 10.1. The van der Waals surface area contributed by atoms with Gasteiger partial charge in [0.2, 0.25) is 0 Å². The van der Waals surface area contributed by atoms with E-state index >= 15 is 0 Å². The molecule has 180 valence electrons. The number of hydrogen-bond donors (Lipinski definition) is 0. The number of amides is 1. The molecule has 4 nitrogen and oxygen atoms in total. The van der Waals surface area contributed by atoms with Gasteiger partial charge in [0, 0.05) is 0 Å². The molecule has 0 aliphatic carbocycles. The summed E-state index contributed by atoms with van der Waals surface area (Å²) in [6.45, 7) is 4.40. The van der Waals surface area contributed by atoms with Crippen LogP contribution < -0.4 is 4.90 Å². The van der Waals surface area contributed by atoms with Gasteiger partial charge in [-0.3, -0.25) is 9.69 Å². The number of hydrogen-bond acceptors (Lipinski definition) is 4. The molecule has 1 amide bonds. The van der Waals surface area contributed by atoms with Crippen molar-refractivity contribution >= 4 is 40.3 Å². The molecule has 0 radical (unpaired) electrons. The van der Waals surface area contributed by atoms with Crippen LogP contribution in [0.1, 0.15) is 56.4 Å². The van der Waals surface area contributed by atoms with Crippen molar-refractivity contribution in [3.63, 3.8) is 0 Å². The summed E-state index contributed by atoms with van der Waals surface area (Å²) in [5.74, 6) is 0.674. The van der Waals surface area contributed by atoms with E-state index < -0.39 is 0 Å². The van der Waals surface area contributed by atoms with Crippen molar-refractivity contribution in [3.05, 3.63) is 101 Å². The summed E-state index contributed by atoms with van der Waals surface area (Å²) < 4.78 is 5.35. The van der Waals surface area contributed by atoms with Gasteiger partial charge in [-0.1, -0.05) is 57.0 Å². The SMILES string of the molecule is CCCCc1ccc(N=C2S/C(=C/C=C/c3ccco3)C(=O)N2c2ccc(CCCC)cc2)cc1. The lowest BCUT2D eigenvalue weighted by Gasteiger charge is -2.16. The molecule has 1 saturated heterocycles. The number of nitrogens with zero attached hydrogens (tertiary/aromatic N) is 2. The summed E-state index contributed by atoms with van der Waals surface area (Å²) in [7, 11) is 0. The molecule has 0 unspecified atom stereocenters. The van der Waals surface area contributed by atoms with Gasteiger partial charge in [-0.25, -0.2) is 4.99 Å². The lowest BCUT2D eigenvalue weighted by Crippen LogP contribution is -2.28. The Hall–Kier alpha value is -3.31. The minimum absolute atomic E-state index is 0.0706. The molecule has 3 aromatic rings. The number of carbonyl (C=O) groups is 1. The van der Waals surface area contributed by atoms with Crippen LogP contribution in [0.25, 0.3) is 6.08 Å². The first kappa shape index (κ1) is 24.8. The van der Waals surface area contributed by atoms with Crippen molar-refractivity contribution in [1.29, 1.82) is 0 Å². The molecule has 5 heteroatoms. The van der Waals surface area contributed by atoms with Crippen molar-refractivity contribution in [2.45, 2.75) is 52.4 Å². The standard InChI is InChI=1S/C30H32N2O2S/c1-3-5-9-23-14-18-25(19-15-23)31-30-32(26-20-16-24(17-21-26)10-6-4-2)29(33)28(35-30)13-7-11-27-12-8-22-34-27/h7-8,11-22H,3-6,9-10H2,1-2H3/b11-7+,28-13+,31-30?. The van der Waals surface area contributed by atoms with Gasteiger partial charge in [-0.15, -0.1) is 0 Å². The van der Waals surface area contributed by atoms with Crippen molar-refractivity contribution in [2.75, 3.05) is 4.90 Å². The second-order valence-corrected chi connectivity index (χ2v) is 9.59. The molecule has 4 rings (SSSR count). The first-order chi connectivity index (χ1) is 17.2. The molecule has 2 heterocycles. The number of rotatable bonds is 10. The molecule has 1 aliphatic rings. The lowest BCUT2D eigenvalue weighted by molar-refractivity contribution is -0.113. The van der Waals surface area contributed by atoms with E-state index in [1.54, 1.807) is 11.2 Å². The third kappa shape index (κ3) is 6.64. The molecule has 0 atom stereocenters. The van der Waals surface area contributed by atoms with Crippen molar-refractivity contribution in [2.24, 2.45) is 4.99 Å². The highest BCUT2D eigenvalue weighted by Gasteiger charge is 2.34. The Balaban J connectivity index is 1.61. The Kier molecular flexibility index (Phi) is 8.79. The van der Waals surface area contributed by atoms with E-state index in [1.807, 2.05) is 54.6 Å². The van der Waals surface area contributed by atoms with Crippen molar-refractivity contribution in [1.82, 2.24) is 0 Å². The number of thioether (sulfide) groups is 1. The first-order valence-corrected chi connectivity index (χ1v) is 13.2. The van der Waals surface area contributed by atoms with Crippen molar-refractivity contribution in [3.8, 4) is 0 Å². The zero-order valence-corrected chi connectivity index (χ0v) is 21.3. The molecular formula is C30H32N2O2S. The second kappa shape index (κ2) is 12.4. The molecule has 1 fully saturated rings. The number of allylic oxidation sites excluding steroid dienone is 2. The van der Waals surface area contributed by atoms with Crippen LogP contribution in [0.15, 0.2) is 93.4 Å². The Morgan fingerprint density at radius 1 is 0.914 bits per heavy atom. The molecule has 1 aromatic heterocycles. The maximum atomic E-state index is 13.4. The summed E-state index contributed by atoms with van der Waals surface area (Å²) >= 11 is 1.40.